The van der Waals surface area contributed by atoms with Crippen LogP contribution in [0.25, 0.3) is 22.4 Å². The highest BCUT2D eigenvalue weighted by Crippen LogP contribution is 2.28. The van der Waals surface area contributed by atoms with E-state index in [4.69, 9.17) is 16.5 Å². The van der Waals surface area contributed by atoms with E-state index in [1.54, 1.807) is 0 Å². The molecule has 1 unspecified atom stereocenters. The number of rotatable bonds is 3. The van der Waals surface area contributed by atoms with Gasteiger partial charge in [-0.25, -0.2) is 4.98 Å². The van der Waals surface area contributed by atoms with E-state index in [0.717, 1.165) is 28.1 Å². The summed E-state index contributed by atoms with van der Waals surface area (Å²) in [4.78, 5) is 4.74. The van der Waals surface area contributed by atoms with Crippen molar-refractivity contribution in [1.29, 1.82) is 0 Å². The number of hydrogen-bond donors (Lipinski definition) is 2. The Morgan fingerprint density at radius 3 is 2.70 bits per heavy atom. The molecule has 0 fully saturated rings. The van der Waals surface area contributed by atoms with Crippen molar-refractivity contribution in [2.24, 2.45) is 5.73 Å². The van der Waals surface area contributed by atoms with E-state index in [9.17, 15) is 0 Å². The van der Waals surface area contributed by atoms with Crippen LogP contribution >= 0.6 is 0 Å². The molecule has 20 heavy (non-hydrogen) atoms. The third-order valence-electron chi connectivity index (χ3n) is 3.52. The molecule has 0 aliphatic heterocycles. The van der Waals surface area contributed by atoms with Gasteiger partial charge >= 0.3 is 0 Å². The predicted molar refractivity (Wildman–Crippen MR) is 83.3 cm³/mol. The first kappa shape index (κ1) is 12.7. The molecule has 0 saturated heterocycles. The monoisotopic (exact) mass is 266 g/mol. The first-order chi connectivity index (χ1) is 9.70. The second-order valence-electron chi connectivity index (χ2n) is 5.00. The van der Waals surface area contributed by atoms with Gasteiger partial charge in [-0.1, -0.05) is 24.3 Å². The molecule has 1 heterocycles. The van der Waals surface area contributed by atoms with Crippen molar-refractivity contribution in [3.63, 3.8) is 0 Å². The Kier molecular flexibility index (Phi) is 3.16. The smallest absolute Gasteiger partial charge is 0.141 e. The number of para-hydroxylation sites is 2. The summed E-state index contributed by atoms with van der Waals surface area (Å²) in [5.74, 6) is 0.913. The zero-order chi connectivity index (χ0) is 14.1. The molecular formula is C16H18N4. The molecule has 4 N–H and O–H groups in total. The molecule has 1 atom stereocenters. The lowest BCUT2D eigenvalue weighted by atomic mass is 10.2. The Balaban J connectivity index is 2.29. The maximum atomic E-state index is 5.89. The lowest BCUT2D eigenvalue weighted by Gasteiger charge is -2.16. The molecule has 3 rings (SSSR count). The highest BCUT2D eigenvalue weighted by Gasteiger charge is 2.16. The molecule has 4 heteroatoms. The van der Waals surface area contributed by atoms with Crippen LogP contribution in [0.5, 0.6) is 0 Å². The Labute approximate surface area is 118 Å². The largest absolute Gasteiger partial charge is 0.399 e. The Hall–Kier alpha value is -2.33. The average molecular weight is 266 g/mol. The number of nitrogens with two attached hydrogens (primary N) is 2. The summed E-state index contributed by atoms with van der Waals surface area (Å²) in [5.41, 5.74) is 15.6. The number of hydrogen-bond acceptors (Lipinski definition) is 3. The van der Waals surface area contributed by atoms with Crippen LogP contribution in [0, 0.1) is 0 Å². The van der Waals surface area contributed by atoms with Crippen molar-refractivity contribution in [3.05, 3.63) is 48.5 Å². The van der Waals surface area contributed by atoms with Gasteiger partial charge in [0.1, 0.15) is 5.82 Å². The van der Waals surface area contributed by atoms with Gasteiger partial charge in [-0.2, -0.15) is 0 Å². The molecule has 4 nitrogen and oxygen atoms in total. The summed E-state index contributed by atoms with van der Waals surface area (Å²) in [6.07, 6.45) is 0. The molecule has 102 valence electrons. The zero-order valence-corrected chi connectivity index (χ0v) is 11.5. The van der Waals surface area contributed by atoms with Crippen LogP contribution in [0.4, 0.5) is 5.69 Å². The zero-order valence-electron chi connectivity index (χ0n) is 11.5. The van der Waals surface area contributed by atoms with Gasteiger partial charge in [0.25, 0.3) is 0 Å². The Morgan fingerprint density at radius 2 is 1.95 bits per heavy atom. The summed E-state index contributed by atoms with van der Waals surface area (Å²) >= 11 is 0. The minimum Gasteiger partial charge on any atom is -0.399 e. The third kappa shape index (κ3) is 2.04. The lowest BCUT2D eigenvalue weighted by molar-refractivity contribution is 0.579. The normalized spacial score (nSPS) is 12.7. The number of benzene rings is 2. The summed E-state index contributed by atoms with van der Waals surface area (Å²) in [6, 6.07) is 16.1. The maximum Gasteiger partial charge on any atom is 0.141 e. The first-order valence-corrected chi connectivity index (χ1v) is 6.73. The fourth-order valence-corrected chi connectivity index (χ4v) is 2.48. The number of imidazole rings is 1. The topological polar surface area (TPSA) is 69.9 Å². The molecule has 0 saturated carbocycles. The lowest BCUT2D eigenvalue weighted by Crippen LogP contribution is -2.16. The quantitative estimate of drug-likeness (QED) is 0.716. The average Bonchev–Trinajstić information content (AvgIpc) is 2.86. The second kappa shape index (κ2) is 4.98. The van der Waals surface area contributed by atoms with Gasteiger partial charge < -0.3 is 16.0 Å². The van der Waals surface area contributed by atoms with E-state index < -0.39 is 0 Å². The Bertz CT molecular complexity index is 745. The number of nitrogens with zero attached hydrogens (tertiary/aromatic N) is 2. The highest BCUT2D eigenvalue weighted by molar-refractivity contribution is 5.81. The molecule has 1 aromatic heterocycles. The van der Waals surface area contributed by atoms with Crippen LogP contribution in [0.3, 0.4) is 0 Å². The Morgan fingerprint density at radius 1 is 1.15 bits per heavy atom. The van der Waals surface area contributed by atoms with E-state index in [1.807, 2.05) is 42.5 Å². The third-order valence-corrected chi connectivity index (χ3v) is 3.52. The molecule has 0 aliphatic carbocycles. The van der Waals surface area contributed by atoms with Gasteiger partial charge in [-0.05, 0) is 31.2 Å². The van der Waals surface area contributed by atoms with E-state index in [0.29, 0.717) is 6.54 Å². The van der Waals surface area contributed by atoms with Gasteiger partial charge in [0.2, 0.25) is 0 Å². The second-order valence-corrected chi connectivity index (χ2v) is 5.00. The van der Waals surface area contributed by atoms with E-state index in [2.05, 4.69) is 17.6 Å². The van der Waals surface area contributed by atoms with Crippen molar-refractivity contribution >= 4 is 16.7 Å². The maximum absolute atomic E-state index is 5.89. The van der Waals surface area contributed by atoms with E-state index in [-0.39, 0.29) is 6.04 Å². The predicted octanol–water partition coefficient (Wildman–Crippen LogP) is 2.81. The van der Waals surface area contributed by atoms with Crippen molar-refractivity contribution in [1.82, 2.24) is 9.55 Å². The van der Waals surface area contributed by atoms with Crippen molar-refractivity contribution in [2.75, 3.05) is 12.3 Å². The van der Waals surface area contributed by atoms with Gasteiger partial charge in [0.15, 0.2) is 0 Å². The van der Waals surface area contributed by atoms with Crippen LogP contribution < -0.4 is 11.5 Å². The molecule has 2 aromatic carbocycles. The van der Waals surface area contributed by atoms with Gasteiger partial charge in [0, 0.05) is 23.8 Å². The minimum atomic E-state index is 0.179. The standard InChI is InChI=1S/C16H18N4/c1-11(10-17)20-15-8-3-2-7-14(15)19-16(20)12-5-4-6-13(18)9-12/h2-9,11H,10,17-18H2,1H3. The number of anilines is 1. The SMILES string of the molecule is CC(CN)n1c(-c2cccc(N)c2)nc2ccccc21. The molecule has 0 spiro atoms. The molecular weight excluding hydrogens is 248 g/mol. The molecule has 0 radical (unpaired) electrons. The number of fused-ring (bicyclic) bond motifs is 1. The summed E-state index contributed by atoms with van der Waals surface area (Å²) in [6.45, 7) is 2.67. The van der Waals surface area contributed by atoms with Crippen LogP contribution in [0.15, 0.2) is 48.5 Å². The molecule has 0 bridgehead atoms. The molecule has 0 amide bonds. The van der Waals surface area contributed by atoms with Crippen LogP contribution in [0.1, 0.15) is 13.0 Å². The fourth-order valence-electron chi connectivity index (χ4n) is 2.48. The van der Waals surface area contributed by atoms with E-state index in [1.165, 1.54) is 0 Å². The van der Waals surface area contributed by atoms with Crippen LogP contribution in [-0.2, 0) is 0 Å². The van der Waals surface area contributed by atoms with Gasteiger partial charge in [-0.15, -0.1) is 0 Å². The van der Waals surface area contributed by atoms with Crippen LogP contribution in [0.2, 0.25) is 0 Å². The van der Waals surface area contributed by atoms with E-state index >= 15 is 0 Å². The summed E-state index contributed by atoms with van der Waals surface area (Å²) in [5, 5.41) is 0. The molecule has 0 aliphatic rings. The highest BCUT2D eigenvalue weighted by atomic mass is 15.1. The molecule has 3 aromatic rings. The van der Waals surface area contributed by atoms with Crippen molar-refractivity contribution in [2.45, 2.75) is 13.0 Å². The van der Waals surface area contributed by atoms with Crippen molar-refractivity contribution < 1.29 is 0 Å². The number of nitrogen functional groups attached to an aromatic ring is 1. The van der Waals surface area contributed by atoms with Crippen LogP contribution in [-0.4, -0.2) is 16.1 Å². The van der Waals surface area contributed by atoms with Crippen molar-refractivity contribution in [3.8, 4) is 11.4 Å². The fraction of sp³-hybridized carbons (Fsp3) is 0.188. The minimum absolute atomic E-state index is 0.179. The summed E-state index contributed by atoms with van der Waals surface area (Å²) < 4.78 is 2.18. The summed E-state index contributed by atoms with van der Waals surface area (Å²) in [7, 11) is 0. The van der Waals surface area contributed by atoms with Gasteiger partial charge in [0.05, 0.1) is 11.0 Å². The number of aromatic nitrogens is 2. The first-order valence-electron chi connectivity index (χ1n) is 6.73. The van der Waals surface area contributed by atoms with Gasteiger partial charge in [-0.3, -0.25) is 0 Å².